The number of ether oxygens (including phenoxy) is 1. The van der Waals surface area contributed by atoms with Crippen LogP contribution < -0.4 is 10.1 Å². The average molecular weight is 339 g/mol. The van der Waals surface area contributed by atoms with Crippen molar-refractivity contribution in [2.45, 2.75) is 38.0 Å². The number of nitrogens with one attached hydrogen (secondary N) is 1. The number of halogens is 3. The lowest BCUT2D eigenvalue weighted by Crippen LogP contribution is -2.38. The Balaban J connectivity index is 0.00000161. The van der Waals surface area contributed by atoms with E-state index in [4.69, 9.17) is 0 Å². The number of alkyl halides is 2. The van der Waals surface area contributed by atoms with Crippen LogP contribution in [0.4, 0.5) is 8.78 Å². The Hall–Kier alpha value is -0.920. The van der Waals surface area contributed by atoms with Crippen molar-refractivity contribution in [2.75, 3.05) is 13.1 Å². The van der Waals surface area contributed by atoms with Crippen LogP contribution in [0.5, 0.6) is 5.75 Å². The number of likely N-dealkylation sites (tertiary alicyclic amines) is 1. The molecule has 3 heterocycles. The van der Waals surface area contributed by atoms with E-state index >= 15 is 0 Å². The molecule has 1 N–H and O–H groups in total. The number of hydrogen-bond acceptors (Lipinski definition) is 4. The van der Waals surface area contributed by atoms with E-state index in [1.165, 1.54) is 6.07 Å². The quantitative estimate of drug-likeness (QED) is 0.921. The number of rotatable bonds is 3. The van der Waals surface area contributed by atoms with Gasteiger partial charge >= 0.3 is 6.61 Å². The highest BCUT2D eigenvalue weighted by molar-refractivity contribution is 7.12. The zero-order chi connectivity index (χ0) is 14.1. The maximum absolute atomic E-state index is 12.5. The molecule has 21 heavy (non-hydrogen) atoms. The smallest absolute Gasteiger partial charge is 0.387 e. The minimum atomic E-state index is -2.90. The molecule has 3 rings (SSSR count). The molecule has 4 nitrogen and oxygen atoms in total. The van der Waals surface area contributed by atoms with E-state index in [2.05, 4.69) is 10.1 Å². The van der Waals surface area contributed by atoms with Crippen molar-refractivity contribution in [3.8, 4) is 5.75 Å². The molecule has 0 spiro atoms. The van der Waals surface area contributed by atoms with Crippen LogP contribution in [0.2, 0.25) is 0 Å². The molecule has 2 bridgehead atoms. The molecule has 2 atom stereocenters. The van der Waals surface area contributed by atoms with Gasteiger partial charge in [-0.25, -0.2) is 0 Å². The van der Waals surface area contributed by atoms with E-state index in [9.17, 15) is 13.6 Å². The second-order valence-electron chi connectivity index (χ2n) is 5.17. The summed E-state index contributed by atoms with van der Waals surface area (Å²) in [6.07, 6.45) is 3.14. The normalized spacial score (nSPS) is 24.6. The fourth-order valence-electron chi connectivity index (χ4n) is 2.91. The van der Waals surface area contributed by atoms with Gasteiger partial charge in [-0.1, -0.05) is 0 Å². The van der Waals surface area contributed by atoms with Crippen LogP contribution in [-0.4, -0.2) is 42.6 Å². The summed E-state index contributed by atoms with van der Waals surface area (Å²) in [5.74, 6) is -0.220. The molecule has 118 valence electrons. The number of nitrogens with zero attached hydrogens (tertiary/aromatic N) is 1. The molecule has 0 aliphatic carbocycles. The molecule has 2 unspecified atom stereocenters. The third-order valence-corrected chi connectivity index (χ3v) is 4.73. The molecule has 2 aliphatic rings. The maximum Gasteiger partial charge on any atom is 0.387 e. The fraction of sp³-hybridized carbons (Fsp3) is 0.615. The summed E-state index contributed by atoms with van der Waals surface area (Å²) in [4.78, 5) is 14.5. The lowest BCUT2D eigenvalue weighted by molar-refractivity contribution is -0.0499. The number of fused-ring (bicyclic) bond motifs is 2. The number of thiophene rings is 1. The van der Waals surface area contributed by atoms with E-state index in [0.29, 0.717) is 25.2 Å². The summed E-state index contributed by atoms with van der Waals surface area (Å²) in [7, 11) is 0. The molecular formula is C13H17ClF2N2O2S. The van der Waals surface area contributed by atoms with Crippen molar-refractivity contribution in [2.24, 2.45) is 0 Å². The van der Waals surface area contributed by atoms with Crippen LogP contribution >= 0.6 is 23.7 Å². The van der Waals surface area contributed by atoms with Crippen molar-refractivity contribution in [3.63, 3.8) is 0 Å². The van der Waals surface area contributed by atoms with Gasteiger partial charge in [-0.3, -0.25) is 4.79 Å². The monoisotopic (exact) mass is 338 g/mol. The van der Waals surface area contributed by atoms with Crippen molar-refractivity contribution in [1.82, 2.24) is 10.2 Å². The molecule has 2 fully saturated rings. The molecule has 1 aromatic heterocycles. The predicted molar refractivity (Wildman–Crippen MR) is 78.7 cm³/mol. The number of carbonyl (C=O) groups excluding carboxylic acids is 1. The van der Waals surface area contributed by atoms with Crippen molar-refractivity contribution >= 4 is 29.7 Å². The fourth-order valence-corrected chi connectivity index (χ4v) is 3.70. The molecule has 0 saturated carbocycles. The summed E-state index contributed by atoms with van der Waals surface area (Å²) in [5, 5.41) is 5.09. The predicted octanol–water partition coefficient (Wildman–Crippen LogP) is 2.74. The molecule has 2 saturated heterocycles. The highest BCUT2D eigenvalue weighted by atomic mass is 35.5. The van der Waals surface area contributed by atoms with Gasteiger partial charge in [0.15, 0.2) is 0 Å². The van der Waals surface area contributed by atoms with Crippen LogP contribution in [0.15, 0.2) is 11.4 Å². The highest BCUT2D eigenvalue weighted by Gasteiger charge is 2.32. The summed E-state index contributed by atoms with van der Waals surface area (Å²) in [6, 6.07) is 2.23. The minimum absolute atomic E-state index is 0. The zero-order valence-corrected chi connectivity index (χ0v) is 12.9. The zero-order valence-electron chi connectivity index (χ0n) is 11.3. The molecule has 2 aliphatic heterocycles. The Bertz CT molecular complexity index is 500. The number of carbonyl (C=O) groups is 1. The first kappa shape index (κ1) is 16.5. The minimum Gasteiger partial charge on any atom is -0.433 e. The Morgan fingerprint density at radius 1 is 1.38 bits per heavy atom. The molecule has 8 heteroatoms. The number of amides is 1. The second kappa shape index (κ2) is 6.89. The van der Waals surface area contributed by atoms with Crippen molar-refractivity contribution in [1.29, 1.82) is 0 Å². The largest absolute Gasteiger partial charge is 0.433 e. The van der Waals surface area contributed by atoms with Gasteiger partial charge in [-0.05, 0) is 30.7 Å². The average Bonchev–Trinajstić information content (AvgIpc) is 2.95. The van der Waals surface area contributed by atoms with Gasteiger partial charge in [0.1, 0.15) is 10.6 Å². The third kappa shape index (κ3) is 3.64. The Labute approximate surface area is 131 Å². The van der Waals surface area contributed by atoms with Gasteiger partial charge in [0.05, 0.1) is 0 Å². The van der Waals surface area contributed by atoms with Gasteiger partial charge < -0.3 is 15.0 Å². The summed E-state index contributed by atoms with van der Waals surface area (Å²) in [5.41, 5.74) is 0. The van der Waals surface area contributed by atoms with Crippen LogP contribution in [0.3, 0.4) is 0 Å². The molecule has 0 radical (unpaired) electrons. The van der Waals surface area contributed by atoms with Crippen LogP contribution in [0.25, 0.3) is 0 Å². The topological polar surface area (TPSA) is 41.6 Å². The van der Waals surface area contributed by atoms with Crippen molar-refractivity contribution in [3.05, 3.63) is 16.3 Å². The SMILES string of the molecule is Cl.O=C(c1sccc1OC(F)F)N1CCC2CCC(C1)N2. The molecule has 1 amide bonds. The summed E-state index contributed by atoms with van der Waals surface area (Å²) < 4.78 is 29.0. The van der Waals surface area contributed by atoms with Gasteiger partial charge in [-0.2, -0.15) is 8.78 Å². The first-order valence-electron chi connectivity index (χ1n) is 6.71. The Kier molecular flexibility index (Phi) is 5.40. The highest BCUT2D eigenvalue weighted by Crippen LogP contribution is 2.29. The van der Waals surface area contributed by atoms with E-state index in [0.717, 1.165) is 30.6 Å². The Morgan fingerprint density at radius 3 is 2.90 bits per heavy atom. The molecule has 1 aromatic rings. The first-order chi connectivity index (χ1) is 9.63. The second-order valence-corrected chi connectivity index (χ2v) is 6.09. The lowest BCUT2D eigenvalue weighted by Gasteiger charge is -2.24. The van der Waals surface area contributed by atoms with Crippen LogP contribution in [0, 0.1) is 0 Å². The first-order valence-corrected chi connectivity index (χ1v) is 7.59. The standard InChI is InChI=1S/C13H16F2N2O2S.ClH/c14-13(15)19-10-4-6-20-11(10)12(18)17-5-3-8-1-2-9(7-17)16-8;/h4,6,8-9,13,16H,1-3,5,7H2;1H. The van der Waals surface area contributed by atoms with E-state index in [1.54, 1.807) is 10.3 Å². The van der Waals surface area contributed by atoms with Crippen LogP contribution in [0.1, 0.15) is 28.9 Å². The van der Waals surface area contributed by atoms with E-state index < -0.39 is 6.61 Å². The van der Waals surface area contributed by atoms with Gasteiger partial charge in [0, 0.05) is 25.2 Å². The van der Waals surface area contributed by atoms with E-state index in [1.807, 2.05) is 0 Å². The van der Waals surface area contributed by atoms with Crippen LogP contribution in [-0.2, 0) is 0 Å². The number of hydrogen-bond donors (Lipinski definition) is 1. The van der Waals surface area contributed by atoms with Crippen molar-refractivity contribution < 1.29 is 18.3 Å². The molecule has 0 aromatic carbocycles. The lowest BCUT2D eigenvalue weighted by atomic mass is 10.1. The summed E-state index contributed by atoms with van der Waals surface area (Å²) in [6.45, 7) is -1.60. The van der Waals surface area contributed by atoms with Gasteiger partial charge in [0.2, 0.25) is 0 Å². The molecular weight excluding hydrogens is 322 g/mol. The maximum atomic E-state index is 12.5. The van der Waals surface area contributed by atoms with Gasteiger partial charge in [-0.15, -0.1) is 23.7 Å². The Morgan fingerprint density at radius 2 is 2.14 bits per heavy atom. The third-order valence-electron chi connectivity index (χ3n) is 3.85. The summed E-state index contributed by atoms with van der Waals surface area (Å²) >= 11 is 1.15. The van der Waals surface area contributed by atoms with Gasteiger partial charge in [0.25, 0.3) is 5.91 Å². The van der Waals surface area contributed by atoms with E-state index in [-0.39, 0.29) is 28.9 Å².